The molecule has 0 aromatic heterocycles. The Hall–Kier alpha value is -2.69. The van der Waals surface area contributed by atoms with Gasteiger partial charge in [0.25, 0.3) is 5.91 Å². The summed E-state index contributed by atoms with van der Waals surface area (Å²) in [5, 5.41) is 12.4. The normalized spacial score (nSPS) is 13.1. The number of halogens is 1. The lowest BCUT2D eigenvalue weighted by molar-refractivity contribution is -0.143. The summed E-state index contributed by atoms with van der Waals surface area (Å²) in [7, 11) is 0. The zero-order chi connectivity index (χ0) is 17.7. The Morgan fingerprint density at radius 2 is 1.83 bits per heavy atom. The van der Waals surface area contributed by atoms with E-state index < -0.39 is 23.1 Å². The number of carboxylic acid groups (broad SMARTS) is 1. The second kappa shape index (κ2) is 7.25. The maximum Gasteiger partial charge on any atom is 0.315 e. The van der Waals surface area contributed by atoms with Crippen LogP contribution in [0.4, 0.5) is 4.39 Å². The monoisotopic (exact) mass is 329 g/mol. The number of hydrogen-bond acceptors (Lipinski definition) is 2. The minimum absolute atomic E-state index is 0.0722. The molecule has 126 valence electrons. The van der Waals surface area contributed by atoms with Crippen molar-refractivity contribution in [3.63, 3.8) is 0 Å². The van der Waals surface area contributed by atoms with Gasteiger partial charge in [0.05, 0.1) is 0 Å². The molecule has 1 unspecified atom stereocenters. The molecule has 0 fully saturated rings. The van der Waals surface area contributed by atoms with Gasteiger partial charge >= 0.3 is 5.97 Å². The van der Waals surface area contributed by atoms with Gasteiger partial charge < -0.3 is 10.4 Å². The Kier molecular flexibility index (Phi) is 5.34. The van der Waals surface area contributed by atoms with E-state index in [1.807, 2.05) is 0 Å². The van der Waals surface area contributed by atoms with E-state index in [0.717, 1.165) is 6.07 Å². The van der Waals surface area contributed by atoms with E-state index in [1.165, 1.54) is 6.07 Å². The molecule has 4 nitrogen and oxygen atoms in total. The van der Waals surface area contributed by atoms with Crippen molar-refractivity contribution in [2.24, 2.45) is 0 Å². The standard InChI is InChI=1S/C19H20FNO3/c1-3-19(18(23)24,15-7-5-4-6-8-15)12-21-17(22)14-9-13(2)10-16(20)11-14/h4-11H,3,12H2,1-2H3,(H,21,22)(H,23,24). The van der Waals surface area contributed by atoms with Gasteiger partial charge in [-0.1, -0.05) is 37.3 Å². The van der Waals surface area contributed by atoms with E-state index in [2.05, 4.69) is 5.32 Å². The Morgan fingerprint density at radius 3 is 2.38 bits per heavy atom. The second-order valence-electron chi connectivity index (χ2n) is 5.81. The summed E-state index contributed by atoms with van der Waals surface area (Å²) in [5.74, 6) is -2.00. The molecule has 0 saturated carbocycles. The van der Waals surface area contributed by atoms with Crippen molar-refractivity contribution in [1.82, 2.24) is 5.32 Å². The molecule has 0 bridgehead atoms. The fourth-order valence-corrected chi connectivity index (χ4v) is 2.74. The van der Waals surface area contributed by atoms with Gasteiger partial charge in [-0.25, -0.2) is 4.39 Å². The van der Waals surface area contributed by atoms with Crippen LogP contribution in [0.3, 0.4) is 0 Å². The first-order valence-electron chi connectivity index (χ1n) is 7.73. The highest BCUT2D eigenvalue weighted by Crippen LogP contribution is 2.28. The largest absolute Gasteiger partial charge is 0.481 e. The van der Waals surface area contributed by atoms with E-state index in [0.29, 0.717) is 17.5 Å². The highest BCUT2D eigenvalue weighted by atomic mass is 19.1. The van der Waals surface area contributed by atoms with Crippen LogP contribution in [0.15, 0.2) is 48.5 Å². The molecule has 0 spiro atoms. The quantitative estimate of drug-likeness (QED) is 0.854. The van der Waals surface area contributed by atoms with E-state index in [1.54, 1.807) is 50.2 Å². The molecule has 2 rings (SSSR count). The predicted octanol–water partition coefficient (Wildman–Crippen LogP) is 3.30. The summed E-state index contributed by atoms with van der Waals surface area (Å²) in [6.45, 7) is 3.38. The Balaban J connectivity index is 2.25. The van der Waals surface area contributed by atoms with Crippen molar-refractivity contribution in [2.75, 3.05) is 6.54 Å². The summed E-state index contributed by atoms with van der Waals surface area (Å²) < 4.78 is 13.4. The molecule has 0 aliphatic rings. The molecule has 1 atom stereocenters. The van der Waals surface area contributed by atoms with E-state index in [9.17, 15) is 19.1 Å². The SMILES string of the molecule is CCC(CNC(=O)c1cc(C)cc(F)c1)(C(=O)O)c1ccccc1. The van der Waals surface area contributed by atoms with Crippen LogP contribution >= 0.6 is 0 Å². The number of aryl methyl sites for hydroxylation is 1. The number of carbonyl (C=O) groups is 2. The van der Waals surface area contributed by atoms with Crippen LogP contribution in [0, 0.1) is 12.7 Å². The zero-order valence-electron chi connectivity index (χ0n) is 13.7. The third-order valence-corrected chi connectivity index (χ3v) is 4.19. The van der Waals surface area contributed by atoms with Crippen molar-refractivity contribution in [3.05, 3.63) is 71.0 Å². The van der Waals surface area contributed by atoms with E-state index >= 15 is 0 Å². The number of amides is 1. The van der Waals surface area contributed by atoms with Crippen LogP contribution in [0.1, 0.15) is 34.8 Å². The third-order valence-electron chi connectivity index (χ3n) is 4.19. The molecule has 0 aliphatic heterocycles. The van der Waals surface area contributed by atoms with Gasteiger partial charge in [0.1, 0.15) is 11.2 Å². The predicted molar refractivity (Wildman–Crippen MR) is 89.5 cm³/mol. The first kappa shape index (κ1) is 17.7. The van der Waals surface area contributed by atoms with Gasteiger partial charge in [-0.15, -0.1) is 0 Å². The van der Waals surface area contributed by atoms with Gasteiger partial charge in [-0.3, -0.25) is 9.59 Å². The average molecular weight is 329 g/mol. The van der Waals surface area contributed by atoms with Crippen LogP contribution in [-0.4, -0.2) is 23.5 Å². The van der Waals surface area contributed by atoms with Gasteiger partial charge in [0.15, 0.2) is 0 Å². The van der Waals surface area contributed by atoms with Gasteiger partial charge in [-0.05, 0) is 42.7 Å². The smallest absolute Gasteiger partial charge is 0.315 e. The summed E-state index contributed by atoms with van der Waals surface area (Å²) >= 11 is 0. The zero-order valence-corrected chi connectivity index (χ0v) is 13.7. The molecule has 0 radical (unpaired) electrons. The first-order valence-corrected chi connectivity index (χ1v) is 7.73. The van der Waals surface area contributed by atoms with Crippen molar-refractivity contribution < 1.29 is 19.1 Å². The highest BCUT2D eigenvalue weighted by molar-refractivity contribution is 5.95. The molecule has 0 aliphatic carbocycles. The summed E-state index contributed by atoms with van der Waals surface area (Å²) in [6, 6.07) is 12.8. The lowest BCUT2D eigenvalue weighted by Gasteiger charge is -2.29. The maximum absolute atomic E-state index is 13.4. The van der Waals surface area contributed by atoms with E-state index in [4.69, 9.17) is 0 Å². The molecule has 0 saturated heterocycles. The van der Waals surface area contributed by atoms with Crippen LogP contribution < -0.4 is 5.32 Å². The second-order valence-corrected chi connectivity index (χ2v) is 5.81. The number of hydrogen-bond donors (Lipinski definition) is 2. The number of carbonyl (C=O) groups excluding carboxylic acids is 1. The van der Waals surface area contributed by atoms with Crippen LogP contribution in [0.2, 0.25) is 0 Å². The lowest BCUT2D eigenvalue weighted by atomic mass is 9.78. The average Bonchev–Trinajstić information content (AvgIpc) is 2.55. The number of carboxylic acids is 1. The van der Waals surface area contributed by atoms with Gasteiger partial charge in [0, 0.05) is 12.1 Å². The van der Waals surface area contributed by atoms with Crippen molar-refractivity contribution in [1.29, 1.82) is 0 Å². The maximum atomic E-state index is 13.4. The Bertz CT molecular complexity index is 725. The summed E-state index contributed by atoms with van der Waals surface area (Å²) in [6.07, 6.45) is 0.314. The Labute approximate surface area is 140 Å². The van der Waals surface area contributed by atoms with Crippen molar-refractivity contribution in [2.45, 2.75) is 25.7 Å². The van der Waals surface area contributed by atoms with Gasteiger partial charge in [0.2, 0.25) is 0 Å². The van der Waals surface area contributed by atoms with Crippen LogP contribution in [-0.2, 0) is 10.2 Å². The van der Waals surface area contributed by atoms with Crippen LogP contribution in [0.5, 0.6) is 0 Å². The molecule has 2 aromatic carbocycles. The minimum Gasteiger partial charge on any atom is -0.481 e. The lowest BCUT2D eigenvalue weighted by Crippen LogP contribution is -2.46. The molecule has 2 aromatic rings. The minimum atomic E-state index is -1.22. The number of nitrogens with one attached hydrogen (secondary N) is 1. The van der Waals surface area contributed by atoms with Crippen molar-refractivity contribution in [3.8, 4) is 0 Å². The number of benzene rings is 2. The number of aliphatic carboxylic acids is 1. The molecule has 5 heteroatoms. The molecule has 2 N–H and O–H groups in total. The first-order chi connectivity index (χ1) is 11.4. The van der Waals surface area contributed by atoms with Crippen LogP contribution in [0.25, 0.3) is 0 Å². The van der Waals surface area contributed by atoms with Gasteiger partial charge in [-0.2, -0.15) is 0 Å². The molecule has 1 amide bonds. The fourth-order valence-electron chi connectivity index (χ4n) is 2.74. The van der Waals surface area contributed by atoms with Crippen molar-refractivity contribution >= 4 is 11.9 Å². The topological polar surface area (TPSA) is 66.4 Å². The summed E-state index contributed by atoms with van der Waals surface area (Å²) in [5.41, 5.74) is 0.203. The molecular formula is C19H20FNO3. The Morgan fingerprint density at radius 1 is 1.17 bits per heavy atom. The van der Waals surface area contributed by atoms with E-state index in [-0.39, 0.29) is 12.1 Å². The highest BCUT2D eigenvalue weighted by Gasteiger charge is 2.39. The molecule has 0 heterocycles. The molecule has 24 heavy (non-hydrogen) atoms. The number of rotatable bonds is 6. The summed E-state index contributed by atoms with van der Waals surface area (Å²) in [4.78, 5) is 24.2. The fraction of sp³-hybridized carbons (Fsp3) is 0.263. The third kappa shape index (κ3) is 3.62. The molecular weight excluding hydrogens is 309 g/mol.